The number of terminal acetylenes is 1. The first-order chi connectivity index (χ1) is 11.7. The van der Waals surface area contributed by atoms with Crippen LogP contribution in [0.3, 0.4) is 0 Å². The molecule has 0 fully saturated rings. The zero-order valence-corrected chi connectivity index (χ0v) is 13.4. The van der Waals surface area contributed by atoms with E-state index in [9.17, 15) is 4.79 Å². The molecule has 0 aliphatic carbocycles. The fraction of sp³-hybridized carbons (Fsp3) is 0.353. The van der Waals surface area contributed by atoms with E-state index in [1.54, 1.807) is 17.0 Å². The molecule has 1 aliphatic heterocycles. The Labute approximate surface area is 140 Å². The molecule has 1 amide bonds. The maximum Gasteiger partial charge on any atom is 0.252 e. The lowest BCUT2D eigenvalue weighted by Crippen LogP contribution is -2.28. The maximum atomic E-state index is 12.5. The van der Waals surface area contributed by atoms with Crippen molar-refractivity contribution in [1.29, 1.82) is 0 Å². The monoisotopic (exact) mass is 322 g/mol. The Hall–Kier alpha value is -3.01. The Morgan fingerprint density at radius 3 is 2.79 bits per heavy atom. The minimum absolute atomic E-state index is 0.152. The van der Waals surface area contributed by atoms with Crippen LogP contribution in [-0.4, -0.2) is 32.9 Å². The van der Waals surface area contributed by atoms with E-state index in [0.29, 0.717) is 30.8 Å². The highest BCUT2D eigenvalue weighted by Crippen LogP contribution is 2.36. The van der Waals surface area contributed by atoms with E-state index < -0.39 is 0 Å². The van der Waals surface area contributed by atoms with Crippen molar-refractivity contribution in [2.24, 2.45) is 17.3 Å². The van der Waals surface area contributed by atoms with Gasteiger partial charge in [0.2, 0.25) is 0 Å². The number of aromatic nitrogens is 3. The first-order valence-electron chi connectivity index (χ1n) is 7.74. The molecule has 0 saturated carbocycles. The van der Waals surface area contributed by atoms with Crippen LogP contribution in [0.5, 0.6) is 0 Å². The van der Waals surface area contributed by atoms with Crippen LogP contribution in [0.15, 0.2) is 40.8 Å². The van der Waals surface area contributed by atoms with Crippen molar-refractivity contribution in [2.75, 3.05) is 6.54 Å². The summed E-state index contributed by atoms with van der Waals surface area (Å²) < 4.78 is 1.78. The molecule has 0 saturated heterocycles. The summed E-state index contributed by atoms with van der Waals surface area (Å²) in [6, 6.07) is 7.34. The second-order valence-corrected chi connectivity index (χ2v) is 5.70. The molecular weight excluding hydrogens is 304 g/mol. The Morgan fingerprint density at radius 2 is 2.12 bits per heavy atom. The Bertz CT molecular complexity index is 810. The number of amides is 1. The first kappa shape index (κ1) is 15.9. The highest BCUT2D eigenvalue weighted by molar-refractivity contribution is 6.00. The third kappa shape index (κ3) is 3.33. The summed E-state index contributed by atoms with van der Waals surface area (Å²) in [6.07, 6.45) is 8.91. The van der Waals surface area contributed by atoms with Crippen LogP contribution in [0, 0.1) is 12.3 Å². The lowest BCUT2D eigenvalue weighted by atomic mass is 10.0. The number of rotatable bonds is 7. The predicted octanol–water partition coefficient (Wildman–Crippen LogP) is 2.18. The van der Waals surface area contributed by atoms with Gasteiger partial charge in [0.25, 0.3) is 5.91 Å². The Morgan fingerprint density at radius 1 is 1.33 bits per heavy atom. The van der Waals surface area contributed by atoms with E-state index in [2.05, 4.69) is 31.7 Å². The van der Waals surface area contributed by atoms with E-state index in [-0.39, 0.29) is 11.6 Å². The van der Waals surface area contributed by atoms with Crippen molar-refractivity contribution in [3.63, 3.8) is 0 Å². The molecule has 3 rings (SSSR count). The number of nitrogens with one attached hydrogen (secondary N) is 1. The Kier molecular flexibility index (Phi) is 4.38. The zero-order chi connectivity index (χ0) is 17.0. The maximum absolute atomic E-state index is 12.5. The number of aryl methyl sites for hydroxylation is 1. The van der Waals surface area contributed by atoms with Gasteiger partial charge in [0.15, 0.2) is 11.5 Å². The zero-order valence-electron chi connectivity index (χ0n) is 13.4. The molecule has 0 bridgehead atoms. The van der Waals surface area contributed by atoms with E-state index in [1.165, 1.54) is 0 Å². The highest BCUT2D eigenvalue weighted by Gasteiger charge is 2.38. The van der Waals surface area contributed by atoms with Gasteiger partial charge in [-0.15, -0.1) is 22.5 Å². The summed E-state index contributed by atoms with van der Waals surface area (Å²) >= 11 is 0. The summed E-state index contributed by atoms with van der Waals surface area (Å²) in [7, 11) is 1.84. The molecule has 122 valence electrons. The van der Waals surface area contributed by atoms with E-state index in [0.717, 1.165) is 12.0 Å². The van der Waals surface area contributed by atoms with Gasteiger partial charge < -0.3 is 9.88 Å². The van der Waals surface area contributed by atoms with Gasteiger partial charge in [-0.3, -0.25) is 4.79 Å². The number of carbonyl (C=O) groups excluding carboxylic acids is 1. The van der Waals surface area contributed by atoms with Gasteiger partial charge in [-0.2, -0.15) is 10.2 Å². The van der Waals surface area contributed by atoms with Crippen molar-refractivity contribution in [3.8, 4) is 23.7 Å². The molecule has 1 aromatic carbocycles. The Balaban J connectivity index is 1.64. The summed E-state index contributed by atoms with van der Waals surface area (Å²) in [5.74, 6) is 3.09. The molecule has 0 unspecified atom stereocenters. The summed E-state index contributed by atoms with van der Waals surface area (Å²) in [4.78, 5) is 12.5. The number of carbonyl (C=O) groups is 1. The second-order valence-electron chi connectivity index (χ2n) is 5.70. The van der Waals surface area contributed by atoms with Crippen LogP contribution in [0.25, 0.3) is 11.4 Å². The van der Waals surface area contributed by atoms with Crippen molar-refractivity contribution in [2.45, 2.75) is 24.9 Å². The minimum Gasteiger partial charge on any atom is -0.352 e. The quantitative estimate of drug-likeness (QED) is 0.793. The minimum atomic E-state index is -0.386. The topological polar surface area (TPSA) is 84.5 Å². The summed E-state index contributed by atoms with van der Waals surface area (Å²) in [5.41, 5.74) is 0.928. The molecule has 2 heterocycles. The number of hydrogen-bond acceptors (Lipinski definition) is 5. The number of nitrogens with zero attached hydrogens (tertiary/aromatic N) is 5. The molecule has 1 aliphatic rings. The lowest BCUT2D eigenvalue weighted by Gasteiger charge is -2.12. The van der Waals surface area contributed by atoms with Crippen molar-refractivity contribution < 1.29 is 4.79 Å². The SMILES string of the molecule is C#CCCC1(CCNC(=O)c2ccccc2-c2nncn2C)N=N1. The van der Waals surface area contributed by atoms with E-state index >= 15 is 0 Å². The van der Waals surface area contributed by atoms with Gasteiger partial charge in [0.1, 0.15) is 6.33 Å². The van der Waals surface area contributed by atoms with E-state index in [4.69, 9.17) is 6.42 Å². The van der Waals surface area contributed by atoms with Gasteiger partial charge in [-0.25, -0.2) is 0 Å². The third-order valence-corrected chi connectivity index (χ3v) is 3.99. The smallest absolute Gasteiger partial charge is 0.252 e. The predicted molar refractivity (Wildman–Crippen MR) is 89.0 cm³/mol. The van der Waals surface area contributed by atoms with Crippen LogP contribution in [0.4, 0.5) is 0 Å². The van der Waals surface area contributed by atoms with Crippen molar-refractivity contribution in [3.05, 3.63) is 36.2 Å². The van der Waals surface area contributed by atoms with Crippen molar-refractivity contribution >= 4 is 5.91 Å². The van der Waals surface area contributed by atoms with Gasteiger partial charge >= 0.3 is 0 Å². The van der Waals surface area contributed by atoms with Crippen molar-refractivity contribution in [1.82, 2.24) is 20.1 Å². The number of benzene rings is 1. The average Bonchev–Trinajstić information content (AvgIpc) is 3.24. The van der Waals surface area contributed by atoms with Gasteiger partial charge in [0, 0.05) is 38.4 Å². The molecule has 7 heteroatoms. The fourth-order valence-corrected chi connectivity index (χ4v) is 2.54. The van der Waals surface area contributed by atoms with Crippen LogP contribution in [0.2, 0.25) is 0 Å². The molecule has 0 radical (unpaired) electrons. The molecule has 1 aromatic heterocycles. The number of hydrogen-bond donors (Lipinski definition) is 1. The lowest BCUT2D eigenvalue weighted by molar-refractivity contribution is 0.0952. The molecule has 0 atom stereocenters. The van der Waals surface area contributed by atoms with Crippen LogP contribution in [0.1, 0.15) is 29.6 Å². The molecule has 0 spiro atoms. The fourth-order valence-electron chi connectivity index (χ4n) is 2.54. The highest BCUT2D eigenvalue weighted by atomic mass is 16.1. The molecule has 2 aromatic rings. The molecule has 24 heavy (non-hydrogen) atoms. The average molecular weight is 322 g/mol. The van der Waals surface area contributed by atoms with Gasteiger partial charge in [0.05, 0.1) is 5.56 Å². The second kappa shape index (κ2) is 6.62. The molecular formula is C17H18N6O. The first-order valence-corrected chi connectivity index (χ1v) is 7.74. The molecule has 1 N–H and O–H groups in total. The van der Waals surface area contributed by atoms with E-state index in [1.807, 2.05) is 25.2 Å². The van der Waals surface area contributed by atoms with Crippen LogP contribution >= 0.6 is 0 Å². The van der Waals surface area contributed by atoms with Crippen LogP contribution < -0.4 is 5.32 Å². The van der Waals surface area contributed by atoms with Gasteiger partial charge in [-0.05, 0) is 6.07 Å². The van der Waals surface area contributed by atoms with Gasteiger partial charge in [-0.1, -0.05) is 18.2 Å². The third-order valence-electron chi connectivity index (χ3n) is 3.99. The summed E-state index contributed by atoms with van der Waals surface area (Å²) in [5, 5.41) is 19.0. The summed E-state index contributed by atoms with van der Waals surface area (Å²) in [6.45, 7) is 0.490. The van der Waals surface area contributed by atoms with Crippen LogP contribution in [-0.2, 0) is 7.05 Å². The normalized spacial score (nSPS) is 14.2. The molecule has 7 nitrogen and oxygen atoms in total. The largest absolute Gasteiger partial charge is 0.352 e. The standard InChI is InChI=1S/C17H18N6O/c1-3-4-9-17(21-22-17)10-11-18-16(24)14-8-6-5-7-13(14)15-20-19-12-23(15)2/h1,5-8,12H,4,9-11H2,2H3,(H,18,24).